The highest BCUT2D eigenvalue weighted by atomic mass is 19.3. The van der Waals surface area contributed by atoms with Gasteiger partial charge in [-0.05, 0) is 29.8 Å². The number of nitrogens with zero attached hydrogens (tertiary/aromatic N) is 2. The van der Waals surface area contributed by atoms with Crippen LogP contribution in [0.5, 0.6) is 5.75 Å². The van der Waals surface area contributed by atoms with Crippen molar-refractivity contribution in [1.82, 2.24) is 4.90 Å². The van der Waals surface area contributed by atoms with Gasteiger partial charge < -0.3 is 19.5 Å². The smallest absolute Gasteiger partial charge is 0.413 e. The summed E-state index contributed by atoms with van der Waals surface area (Å²) in [5, 5.41) is 19.7. The number of phenolic OH excluding ortho intramolecular Hbond substituents is 1. The molecule has 0 spiro atoms. The second-order valence-electron chi connectivity index (χ2n) is 7.68. The van der Waals surface area contributed by atoms with Gasteiger partial charge in [-0.2, -0.15) is 0 Å². The summed E-state index contributed by atoms with van der Waals surface area (Å²) in [6, 6.07) is 7.98. The van der Waals surface area contributed by atoms with Crippen LogP contribution in [-0.4, -0.2) is 53.2 Å². The van der Waals surface area contributed by atoms with E-state index in [0.29, 0.717) is 5.39 Å². The Kier molecular flexibility index (Phi) is 5.23. The summed E-state index contributed by atoms with van der Waals surface area (Å²) < 4.78 is 46.9. The lowest BCUT2D eigenvalue weighted by molar-refractivity contribution is -0.0494. The lowest BCUT2D eigenvalue weighted by Gasteiger charge is -2.31. The fourth-order valence-electron chi connectivity index (χ4n) is 3.64. The SMILES string of the molecule is CN(C(=O)O)c1cc2cc(-c3ccc(C(=O)N4CCC(F)(F)CC4)cc3F)cc(O)c2o1. The van der Waals surface area contributed by atoms with Gasteiger partial charge in [0.25, 0.3) is 11.8 Å². The zero-order valence-corrected chi connectivity index (χ0v) is 16.9. The van der Waals surface area contributed by atoms with Gasteiger partial charge in [0.1, 0.15) is 5.82 Å². The van der Waals surface area contributed by atoms with Crippen LogP contribution >= 0.6 is 0 Å². The van der Waals surface area contributed by atoms with Gasteiger partial charge in [0.05, 0.1) is 0 Å². The monoisotopic (exact) mass is 448 g/mol. The Bertz CT molecular complexity index is 1210. The molecule has 10 heteroatoms. The number of alkyl halides is 2. The molecule has 1 fully saturated rings. The molecule has 32 heavy (non-hydrogen) atoms. The second kappa shape index (κ2) is 7.77. The van der Waals surface area contributed by atoms with E-state index in [9.17, 15) is 27.9 Å². The zero-order valence-electron chi connectivity index (χ0n) is 16.9. The average Bonchev–Trinajstić information content (AvgIpc) is 3.17. The number of amides is 2. The molecule has 4 rings (SSSR count). The van der Waals surface area contributed by atoms with E-state index in [1.165, 1.54) is 42.3 Å². The highest BCUT2D eigenvalue weighted by Gasteiger charge is 2.35. The summed E-state index contributed by atoms with van der Waals surface area (Å²) in [5.41, 5.74) is 0.467. The predicted octanol–water partition coefficient (Wildman–Crippen LogP) is 4.93. The molecule has 1 aromatic heterocycles. The van der Waals surface area contributed by atoms with Gasteiger partial charge in [0.2, 0.25) is 5.88 Å². The standard InChI is InChI=1S/C22H19F3N2O5/c1-26(21(30)31)18-11-14-8-13(10-17(28)19(14)32-18)15-3-2-12(9-16(15)23)20(29)27-6-4-22(24,25)5-7-27/h2-3,8-11,28H,4-7H2,1H3,(H,30,31). The number of fused-ring (bicyclic) bond motifs is 1. The second-order valence-corrected chi connectivity index (χ2v) is 7.68. The van der Waals surface area contributed by atoms with Crippen molar-refractivity contribution in [3.8, 4) is 16.9 Å². The van der Waals surface area contributed by atoms with Gasteiger partial charge in [-0.25, -0.2) is 18.0 Å². The number of rotatable bonds is 3. The predicted molar refractivity (Wildman–Crippen MR) is 110 cm³/mol. The van der Waals surface area contributed by atoms with Gasteiger partial charge in [-0.1, -0.05) is 6.07 Å². The number of hydrogen-bond acceptors (Lipinski definition) is 4. The van der Waals surface area contributed by atoms with E-state index in [0.717, 1.165) is 11.0 Å². The van der Waals surface area contributed by atoms with Crippen molar-refractivity contribution in [2.75, 3.05) is 25.0 Å². The van der Waals surface area contributed by atoms with Crippen molar-refractivity contribution >= 4 is 28.9 Å². The minimum absolute atomic E-state index is 0.0199. The number of furan rings is 1. The van der Waals surface area contributed by atoms with Gasteiger partial charge in [-0.3, -0.25) is 9.69 Å². The summed E-state index contributed by atoms with van der Waals surface area (Å²) in [7, 11) is 1.27. The van der Waals surface area contributed by atoms with Crippen LogP contribution in [0.1, 0.15) is 23.2 Å². The third kappa shape index (κ3) is 3.95. The molecular weight excluding hydrogens is 429 g/mol. The van der Waals surface area contributed by atoms with Crippen molar-refractivity contribution in [2.24, 2.45) is 0 Å². The van der Waals surface area contributed by atoms with Crippen LogP contribution in [0.3, 0.4) is 0 Å². The summed E-state index contributed by atoms with van der Waals surface area (Å²) in [5.74, 6) is -4.38. The lowest BCUT2D eigenvalue weighted by atomic mass is 10.00. The molecule has 2 heterocycles. The van der Waals surface area contributed by atoms with E-state index in [2.05, 4.69) is 0 Å². The number of benzene rings is 2. The Labute approximate surface area is 180 Å². The topological polar surface area (TPSA) is 94.2 Å². The number of piperidine rings is 1. The number of carbonyl (C=O) groups excluding carboxylic acids is 1. The Morgan fingerprint density at radius 3 is 2.44 bits per heavy atom. The lowest BCUT2D eigenvalue weighted by Crippen LogP contribution is -2.42. The van der Waals surface area contributed by atoms with Crippen LogP contribution in [0.2, 0.25) is 0 Å². The summed E-state index contributed by atoms with van der Waals surface area (Å²) >= 11 is 0. The van der Waals surface area contributed by atoms with Gasteiger partial charge in [0, 0.05) is 55.6 Å². The van der Waals surface area contributed by atoms with Crippen molar-refractivity contribution < 1.29 is 37.4 Å². The van der Waals surface area contributed by atoms with Crippen LogP contribution in [0.4, 0.5) is 23.8 Å². The van der Waals surface area contributed by atoms with Crippen LogP contribution in [0, 0.1) is 5.82 Å². The van der Waals surface area contributed by atoms with Crippen LogP contribution < -0.4 is 4.90 Å². The maximum absolute atomic E-state index is 14.9. The largest absolute Gasteiger partial charge is 0.504 e. The third-order valence-corrected chi connectivity index (χ3v) is 5.51. The van der Waals surface area contributed by atoms with E-state index >= 15 is 0 Å². The van der Waals surface area contributed by atoms with Crippen molar-refractivity contribution in [1.29, 1.82) is 0 Å². The van der Waals surface area contributed by atoms with Crippen LogP contribution in [0.25, 0.3) is 22.1 Å². The first kappa shape index (κ1) is 21.5. The van der Waals surface area contributed by atoms with E-state index in [-0.39, 0.29) is 47.0 Å². The van der Waals surface area contributed by atoms with E-state index < -0.39 is 36.6 Å². The summed E-state index contributed by atoms with van der Waals surface area (Å²) in [4.78, 5) is 25.8. The number of carboxylic acid groups (broad SMARTS) is 1. The van der Waals surface area contributed by atoms with Gasteiger partial charge >= 0.3 is 6.09 Å². The Morgan fingerprint density at radius 1 is 1.12 bits per heavy atom. The number of aromatic hydroxyl groups is 1. The van der Waals surface area contributed by atoms with E-state index in [4.69, 9.17) is 9.52 Å². The maximum atomic E-state index is 14.9. The molecule has 0 atom stereocenters. The highest BCUT2D eigenvalue weighted by Crippen LogP contribution is 2.37. The molecule has 0 unspecified atom stereocenters. The van der Waals surface area contributed by atoms with E-state index in [1.807, 2.05) is 0 Å². The first-order valence-corrected chi connectivity index (χ1v) is 9.76. The fraction of sp³-hybridized carbons (Fsp3) is 0.273. The number of anilines is 1. The molecule has 2 aromatic carbocycles. The molecule has 1 aliphatic rings. The molecule has 1 saturated heterocycles. The zero-order chi connectivity index (χ0) is 23.2. The number of halogens is 3. The average molecular weight is 448 g/mol. The van der Waals surface area contributed by atoms with Gasteiger partial charge in [-0.15, -0.1) is 0 Å². The number of hydrogen-bond donors (Lipinski definition) is 2. The molecule has 7 nitrogen and oxygen atoms in total. The molecule has 1 aliphatic heterocycles. The molecule has 2 N–H and O–H groups in total. The molecule has 3 aromatic rings. The molecule has 0 radical (unpaired) electrons. The van der Waals surface area contributed by atoms with Crippen molar-refractivity contribution in [2.45, 2.75) is 18.8 Å². The quantitative estimate of drug-likeness (QED) is 0.593. The molecule has 0 saturated carbocycles. The Hall–Kier alpha value is -3.69. The number of carbonyl (C=O) groups is 2. The minimum atomic E-state index is -2.79. The first-order chi connectivity index (χ1) is 15.1. The molecule has 0 bridgehead atoms. The number of likely N-dealkylation sites (tertiary alicyclic amines) is 1. The first-order valence-electron chi connectivity index (χ1n) is 9.76. The van der Waals surface area contributed by atoms with Crippen LogP contribution in [0.15, 0.2) is 40.8 Å². The third-order valence-electron chi connectivity index (χ3n) is 5.51. The minimum Gasteiger partial charge on any atom is -0.504 e. The maximum Gasteiger partial charge on any atom is 0.413 e. The van der Waals surface area contributed by atoms with Crippen molar-refractivity contribution in [3.05, 3.63) is 47.8 Å². The number of phenols is 1. The highest BCUT2D eigenvalue weighted by molar-refractivity contribution is 5.96. The summed E-state index contributed by atoms with van der Waals surface area (Å²) in [6.07, 6.45) is -2.11. The normalized spacial score (nSPS) is 15.7. The fourth-order valence-corrected chi connectivity index (χ4v) is 3.64. The van der Waals surface area contributed by atoms with E-state index in [1.54, 1.807) is 0 Å². The van der Waals surface area contributed by atoms with Gasteiger partial charge in [0.15, 0.2) is 11.3 Å². The Balaban J connectivity index is 1.63. The molecular formula is C22H19F3N2O5. The molecule has 2 amide bonds. The van der Waals surface area contributed by atoms with Crippen molar-refractivity contribution in [3.63, 3.8) is 0 Å². The summed E-state index contributed by atoms with van der Waals surface area (Å²) in [6.45, 7) is -0.208. The molecule has 0 aliphatic carbocycles. The van der Waals surface area contributed by atoms with Crippen LogP contribution in [-0.2, 0) is 0 Å². The Morgan fingerprint density at radius 2 is 1.81 bits per heavy atom. The molecule has 168 valence electrons.